The van der Waals surface area contributed by atoms with Crippen molar-refractivity contribution in [3.63, 3.8) is 0 Å². The van der Waals surface area contributed by atoms with Gasteiger partial charge in [0.15, 0.2) is 11.3 Å². The summed E-state index contributed by atoms with van der Waals surface area (Å²) < 4.78 is 30.1. The molecule has 1 aromatic rings. The third kappa shape index (κ3) is 14.8. The van der Waals surface area contributed by atoms with Crippen molar-refractivity contribution in [1.82, 2.24) is 55.7 Å². The Morgan fingerprint density at radius 3 is 1.52 bits per heavy atom. The number of esters is 2. The van der Waals surface area contributed by atoms with Crippen LogP contribution in [-0.2, 0) is 62.2 Å². The number of carbonyl (C=O) groups excluding carboxylic acids is 12. The van der Waals surface area contributed by atoms with Crippen LogP contribution in [0.3, 0.4) is 0 Å². The minimum atomic E-state index is -1.91. The Labute approximate surface area is 550 Å². The summed E-state index contributed by atoms with van der Waals surface area (Å²) in [5.74, 6) is -12.7. The van der Waals surface area contributed by atoms with Crippen LogP contribution in [0.5, 0.6) is 5.75 Å². The Hall–Kier alpha value is -8.96. The number of anilines is 1. The maximum atomic E-state index is 15.5. The molecule has 5 fully saturated rings. The lowest BCUT2D eigenvalue weighted by molar-refractivity contribution is -0.163. The van der Waals surface area contributed by atoms with Crippen LogP contribution in [0.2, 0.25) is 0 Å². The van der Waals surface area contributed by atoms with Gasteiger partial charge in [0, 0.05) is 52.4 Å². The highest BCUT2D eigenvalue weighted by Crippen LogP contribution is 2.38. The number of rotatable bonds is 11. The zero-order valence-corrected chi connectivity index (χ0v) is 56.9. The van der Waals surface area contributed by atoms with Gasteiger partial charge < -0.3 is 79.8 Å². The van der Waals surface area contributed by atoms with Crippen molar-refractivity contribution >= 4 is 87.8 Å². The van der Waals surface area contributed by atoms with E-state index in [1.165, 1.54) is 74.6 Å². The summed E-state index contributed by atoms with van der Waals surface area (Å²) in [6.07, 6.45) is -2.09. The zero-order chi connectivity index (χ0) is 70.3. The number of aryl methyl sites for hydroxylation is 1. The zero-order valence-electron chi connectivity index (χ0n) is 56.9. The third-order valence-electron chi connectivity index (χ3n) is 18.5. The molecule has 0 bridgehead atoms. The molecule has 0 saturated carbocycles. The fourth-order valence-electron chi connectivity index (χ4n) is 12.8. The van der Waals surface area contributed by atoms with Crippen LogP contribution >= 0.6 is 0 Å². The maximum absolute atomic E-state index is 15.5. The number of benzene rings is 2. The van der Waals surface area contributed by atoms with E-state index in [2.05, 4.69) is 21.3 Å². The third-order valence-corrected chi connectivity index (χ3v) is 18.5. The molecule has 7 aliphatic rings. The first-order chi connectivity index (χ1) is 44.6. The standard InChI is InChI=1S/C65H90N12O18/c1-28(2)45-62(87)76-21-17-19-38(76)60(85)72(13)24-41(78)74(15)51(30(5)6)64(89)93-34(11)47(58(83)68-45)70-56(81)37-23-40(92-27-36-26-91-36)32(9)54-49(37)67-50-43(44(66)53(80)33(10)55(50)95-54)57(82)71-48-35(12)94-65(90)52(31(7)8)75(16)42(79)25-73(14)61(86)39-20-18-22-77(39)63(88)46(29(3)4)69-59(48)84/h23,28-31,34-36,38-39,45-48,51-52H,17-22,24-27,66H2,1-16H3,(H,68,83)(H,69,84)(H,70,81)(H,71,82)/t34-,35-,36+,38-,39-,45-,46-,47-,48-,51-,52-/m0/s1. The monoisotopic (exact) mass is 1330 g/mol. The number of amides is 10. The summed E-state index contributed by atoms with van der Waals surface area (Å²) >= 11 is 0. The molecule has 518 valence electrons. The number of epoxide rings is 1. The molecule has 6 heterocycles. The van der Waals surface area contributed by atoms with E-state index in [1.807, 2.05) is 0 Å². The van der Waals surface area contributed by atoms with E-state index in [0.717, 1.165) is 9.80 Å². The highest BCUT2D eigenvalue weighted by atomic mass is 16.6. The van der Waals surface area contributed by atoms with Crippen molar-refractivity contribution in [2.24, 2.45) is 23.7 Å². The predicted octanol–water partition coefficient (Wildman–Crippen LogP) is 0.503. The van der Waals surface area contributed by atoms with E-state index in [4.69, 9.17) is 34.1 Å². The second-order valence-electron chi connectivity index (χ2n) is 26.9. The van der Waals surface area contributed by atoms with Crippen molar-refractivity contribution < 1.29 is 80.9 Å². The lowest BCUT2D eigenvalue weighted by atomic mass is 9.98. The van der Waals surface area contributed by atoms with Gasteiger partial charge in [-0.15, -0.1) is 0 Å². The number of aromatic nitrogens is 1. The van der Waals surface area contributed by atoms with Crippen LogP contribution in [0.25, 0.3) is 22.6 Å². The Bertz CT molecular complexity index is 3600. The van der Waals surface area contributed by atoms with Crippen molar-refractivity contribution in [1.29, 1.82) is 0 Å². The Balaban J connectivity index is 1.25. The summed E-state index contributed by atoms with van der Waals surface area (Å²) in [4.78, 5) is 201. The van der Waals surface area contributed by atoms with E-state index in [9.17, 15) is 47.9 Å². The Morgan fingerprint density at radius 2 is 1.09 bits per heavy atom. The first-order valence-electron chi connectivity index (χ1n) is 32.3. The predicted molar refractivity (Wildman–Crippen MR) is 341 cm³/mol. The molecule has 95 heavy (non-hydrogen) atoms. The van der Waals surface area contributed by atoms with E-state index in [-0.39, 0.29) is 72.4 Å². The van der Waals surface area contributed by atoms with E-state index >= 15 is 14.4 Å². The molecule has 8 rings (SSSR count). The summed E-state index contributed by atoms with van der Waals surface area (Å²) in [5.41, 5.74) is 3.07. The molecule has 6 N–H and O–H groups in total. The minimum absolute atomic E-state index is 0.00703. The average Bonchev–Trinajstić information content (AvgIpc) is 1.46. The molecule has 0 unspecified atom stereocenters. The smallest absolute Gasteiger partial charge is 0.329 e. The SMILES string of the molecule is Cc1c2oc3c(C)c(OC[C@H]4CO4)cc(C(=O)N[C@@H]4C(=O)N[C@@H](C(C)C)C(=O)N5CCC[C@H]5C(=O)N(C)CC(=O)N(C)[C@@H](C(C)C)C(=O)O[C@H]4C)c3nc-2c(C(=O)N[C@@H]2C(=O)N[C@@H](C(C)C)C(=O)N3CCC[C@H]3C(=O)N(C)CC(=O)N(C)[C@@H](C(C)C)C(=O)O[C@H]2C)c(N)c1=O. The van der Waals surface area contributed by atoms with Gasteiger partial charge in [-0.3, -0.25) is 52.7 Å². The maximum Gasteiger partial charge on any atom is 0.329 e. The molecule has 0 spiro atoms. The number of hydrogen-bond acceptors (Lipinski definition) is 20. The van der Waals surface area contributed by atoms with E-state index < -0.39 is 196 Å². The number of carbonyl (C=O) groups is 12. The average molecular weight is 1330 g/mol. The molecule has 5 saturated heterocycles. The van der Waals surface area contributed by atoms with E-state index in [0.29, 0.717) is 19.4 Å². The van der Waals surface area contributed by atoms with Gasteiger partial charge in [0.25, 0.3) is 11.8 Å². The van der Waals surface area contributed by atoms with Crippen LogP contribution in [0.4, 0.5) is 5.69 Å². The second-order valence-corrected chi connectivity index (χ2v) is 26.9. The van der Waals surface area contributed by atoms with Crippen LogP contribution in [0, 0.1) is 37.5 Å². The van der Waals surface area contributed by atoms with Gasteiger partial charge in [-0.05, 0) is 83.1 Å². The first kappa shape index (κ1) is 71.9. The number of ether oxygens (including phenoxy) is 4. The first-order valence-corrected chi connectivity index (χ1v) is 32.3. The number of hydrogen-bond donors (Lipinski definition) is 5. The lowest BCUT2D eigenvalue weighted by Gasteiger charge is -2.36. The molecule has 0 aromatic heterocycles. The van der Waals surface area contributed by atoms with Crippen molar-refractivity contribution in [2.45, 2.75) is 175 Å². The number of nitrogens with one attached hydrogen (secondary N) is 4. The van der Waals surface area contributed by atoms with Crippen LogP contribution in [0.1, 0.15) is 127 Å². The molecule has 30 nitrogen and oxygen atoms in total. The number of nitrogens with zero attached hydrogens (tertiary/aromatic N) is 7. The fraction of sp³-hybridized carbons (Fsp3) is 0.631. The van der Waals surface area contributed by atoms with Crippen molar-refractivity contribution in [3.8, 4) is 17.2 Å². The molecule has 6 aliphatic heterocycles. The Morgan fingerprint density at radius 1 is 0.653 bits per heavy atom. The molecule has 10 amide bonds. The molecular weight excluding hydrogens is 1240 g/mol. The second kappa shape index (κ2) is 28.9. The fourth-order valence-corrected chi connectivity index (χ4v) is 12.8. The quantitative estimate of drug-likeness (QED) is 0.0755. The van der Waals surface area contributed by atoms with Gasteiger partial charge >= 0.3 is 11.9 Å². The number of likely N-dealkylation sites (N-methyl/N-ethyl adjacent to an activating group) is 4. The molecule has 30 heteroatoms. The highest BCUT2D eigenvalue weighted by Gasteiger charge is 2.47. The van der Waals surface area contributed by atoms with Gasteiger partial charge in [-0.25, -0.2) is 14.6 Å². The summed E-state index contributed by atoms with van der Waals surface area (Å²) in [7, 11) is 5.57. The lowest BCUT2D eigenvalue weighted by Crippen LogP contribution is -2.61. The number of nitrogens with two attached hydrogens (primary N) is 1. The molecule has 11 atom stereocenters. The van der Waals surface area contributed by atoms with Gasteiger partial charge in [0.1, 0.15) is 90.2 Å². The van der Waals surface area contributed by atoms with Crippen LogP contribution < -0.4 is 37.2 Å². The molecule has 1 aromatic carbocycles. The van der Waals surface area contributed by atoms with Crippen molar-refractivity contribution in [3.05, 3.63) is 38.5 Å². The minimum Gasteiger partial charge on any atom is -0.490 e. The number of fused-ring (bicyclic) bond motifs is 4. The van der Waals surface area contributed by atoms with Crippen molar-refractivity contribution in [2.75, 3.05) is 73.3 Å². The topological polar surface area (TPSA) is 382 Å². The van der Waals surface area contributed by atoms with Crippen LogP contribution in [-0.4, -0.2) is 240 Å². The molecular formula is C65H90N12O18. The van der Waals surface area contributed by atoms with Gasteiger partial charge in [-0.1, -0.05) is 55.4 Å². The molecule has 1 aliphatic carbocycles. The van der Waals surface area contributed by atoms with E-state index in [1.54, 1.807) is 62.3 Å². The highest BCUT2D eigenvalue weighted by molar-refractivity contribution is 6.11. The number of cyclic esters (lactones) is 2. The van der Waals surface area contributed by atoms with Crippen LogP contribution in [0.15, 0.2) is 15.3 Å². The summed E-state index contributed by atoms with van der Waals surface area (Å²) in [5, 5.41) is 10.7. The number of nitrogen functional groups attached to an aromatic ring is 1. The normalized spacial score (nSPS) is 26.8. The molecule has 0 radical (unpaired) electrons. The largest absolute Gasteiger partial charge is 0.490 e. The Kier molecular flexibility index (Phi) is 21.9. The summed E-state index contributed by atoms with van der Waals surface area (Å²) in [6, 6.07) is -9.65. The van der Waals surface area contributed by atoms with Gasteiger partial charge in [0.05, 0.1) is 36.5 Å². The van der Waals surface area contributed by atoms with Gasteiger partial charge in [0.2, 0.25) is 52.7 Å². The van der Waals surface area contributed by atoms with Gasteiger partial charge in [-0.2, -0.15) is 0 Å². The summed E-state index contributed by atoms with van der Waals surface area (Å²) in [6.45, 7) is 18.6.